The first-order valence-electron chi connectivity index (χ1n) is 5.63. The van der Waals surface area contributed by atoms with Crippen LogP contribution in [0.4, 0.5) is 5.82 Å². The van der Waals surface area contributed by atoms with E-state index in [0.717, 1.165) is 25.2 Å². The summed E-state index contributed by atoms with van der Waals surface area (Å²) in [6.45, 7) is 9.00. The van der Waals surface area contributed by atoms with Crippen LogP contribution >= 0.6 is 0 Å². The van der Waals surface area contributed by atoms with Crippen molar-refractivity contribution in [2.45, 2.75) is 33.7 Å². The minimum absolute atomic E-state index is 0.565. The normalized spacial score (nSPS) is 10.7. The van der Waals surface area contributed by atoms with Crippen molar-refractivity contribution in [2.75, 3.05) is 18.0 Å². The van der Waals surface area contributed by atoms with Gasteiger partial charge in [-0.2, -0.15) is 5.10 Å². The van der Waals surface area contributed by atoms with Crippen molar-refractivity contribution in [3.63, 3.8) is 0 Å². The fourth-order valence-electron chi connectivity index (χ4n) is 2.01. The number of nitrogens with zero attached hydrogens (tertiary/aromatic N) is 3. The van der Waals surface area contributed by atoms with E-state index in [1.807, 2.05) is 18.7 Å². The summed E-state index contributed by atoms with van der Waals surface area (Å²) in [6, 6.07) is 0. The Hall–Kier alpha value is -1.03. The number of rotatable bonds is 5. The molecule has 1 heterocycles. The third-order valence-electron chi connectivity index (χ3n) is 2.69. The van der Waals surface area contributed by atoms with Crippen LogP contribution in [0.1, 0.15) is 31.5 Å². The molecule has 0 aliphatic rings. The molecule has 0 saturated heterocycles. The molecular weight excluding hydrogens is 188 g/mol. The van der Waals surface area contributed by atoms with Crippen molar-refractivity contribution in [2.24, 2.45) is 12.8 Å². The van der Waals surface area contributed by atoms with Crippen LogP contribution in [0.15, 0.2) is 0 Å². The molecule has 0 bridgehead atoms. The molecule has 0 aliphatic carbocycles. The first-order chi connectivity index (χ1) is 7.15. The Bertz CT molecular complexity index is 317. The number of anilines is 1. The molecule has 1 aromatic heterocycles. The van der Waals surface area contributed by atoms with Crippen molar-refractivity contribution in [1.29, 1.82) is 0 Å². The third-order valence-corrected chi connectivity index (χ3v) is 2.69. The molecule has 0 radical (unpaired) electrons. The van der Waals surface area contributed by atoms with Gasteiger partial charge in [0.15, 0.2) is 0 Å². The van der Waals surface area contributed by atoms with E-state index in [2.05, 4.69) is 23.8 Å². The van der Waals surface area contributed by atoms with Gasteiger partial charge in [0.05, 0.1) is 5.69 Å². The molecule has 0 spiro atoms. The molecule has 86 valence electrons. The Morgan fingerprint density at radius 1 is 1.40 bits per heavy atom. The quantitative estimate of drug-likeness (QED) is 0.799. The first kappa shape index (κ1) is 12.0. The zero-order valence-electron chi connectivity index (χ0n) is 10.2. The van der Waals surface area contributed by atoms with Crippen LogP contribution in [-0.2, 0) is 13.6 Å². The van der Waals surface area contributed by atoms with Crippen molar-refractivity contribution in [1.82, 2.24) is 9.78 Å². The van der Waals surface area contributed by atoms with E-state index in [9.17, 15) is 0 Å². The number of hydrogen-bond donors (Lipinski definition) is 1. The van der Waals surface area contributed by atoms with Crippen LogP contribution in [0.5, 0.6) is 0 Å². The second kappa shape index (κ2) is 5.16. The average molecular weight is 210 g/mol. The van der Waals surface area contributed by atoms with Gasteiger partial charge in [0.25, 0.3) is 0 Å². The maximum atomic E-state index is 5.77. The van der Waals surface area contributed by atoms with E-state index in [1.165, 1.54) is 11.4 Å². The van der Waals surface area contributed by atoms with Gasteiger partial charge in [-0.05, 0) is 20.3 Å². The lowest BCUT2D eigenvalue weighted by atomic mass is 10.2. The highest BCUT2D eigenvalue weighted by Gasteiger charge is 2.16. The Kier molecular flexibility index (Phi) is 4.15. The van der Waals surface area contributed by atoms with Crippen molar-refractivity contribution in [3.05, 3.63) is 11.3 Å². The van der Waals surface area contributed by atoms with Gasteiger partial charge in [-0.15, -0.1) is 0 Å². The van der Waals surface area contributed by atoms with Gasteiger partial charge in [0.2, 0.25) is 0 Å². The molecule has 0 saturated carbocycles. The van der Waals surface area contributed by atoms with Gasteiger partial charge in [0, 0.05) is 32.2 Å². The molecule has 4 heteroatoms. The SMILES string of the molecule is CCCN(CC)c1c(CN)c(C)nn1C. The molecule has 0 aliphatic heterocycles. The summed E-state index contributed by atoms with van der Waals surface area (Å²) in [5.74, 6) is 1.18. The summed E-state index contributed by atoms with van der Waals surface area (Å²) in [4.78, 5) is 2.34. The molecule has 15 heavy (non-hydrogen) atoms. The summed E-state index contributed by atoms with van der Waals surface area (Å²) in [5.41, 5.74) is 7.99. The van der Waals surface area contributed by atoms with Crippen LogP contribution in [0.3, 0.4) is 0 Å². The molecule has 0 aromatic carbocycles. The fraction of sp³-hybridized carbons (Fsp3) is 0.727. The van der Waals surface area contributed by atoms with E-state index in [4.69, 9.17) is 5.73 Å². The van der Waals surface area contributed by atoms with Gasteiger partial charge in [-0.25, -0.2) is 0 Å². The predicted molar refractivity (Wildman–Crippen MR) is 64.0 cm³/mol. The largest absolute Gasteiger partial charge is 0.357 e. The Morgan fingerprint density at radius 3 is 2.53 bits per heavy atom. The van der Waals surface area contributed by atoms with Crippen LogP contribution in [0.25, 0.3) is 0 Å². The summed E-state index contributed by atoms with van der Waals surface area (Å²) in [5, 5.41) is 4.43. The number of aryl methyl sites for hydroxylation is 2. The van der Waals surface area contributed by atoms with Gasteiger partial charge >= 0.3 is 0 Å². The topological polar surface area (TPSA) is 47.1 Å². The average Bonchev–Trinajstić information content (AvgIpc) is 2.49. The maximum Gasteiger partial charge on any atom is 0.131 e. The zero-order chi connectivity index (χ0) is 11.4. The number of nitrogens with two attached hydrogens (primary N) is 1. The monoisotopic (exact) mass is 210 g/mol. The Balaban J connectivity index is 3.09. The van der Waals surface area contributed by atoms with Crippen molar-refractivity contribution >= 4 is 5.82 Å². The molecule has 0 fully saturated rings. The van der Waals surface area contributed by atoms with Crippen molar-refractivity contribution < 1.29 is 0 Å². The van der Waals surface area contributed by atoms with Crippen LogP contribution < -0.4 is 10.6 Å². The fourth-order valence-corrected chi connectivity index (χ4v) is 2.01. The van der Waals surface area contributed by atoms with Gasteiger partial charge in [-0.3, -0.25) is 4.68 Å². The zero-order valence-corrected chi connectivity index (χ0v) is 10.2. The van der Waals surface area contributed by atoms with E-state index in [0.29, 0.717) is 6.54 Å². The second-order valence-corrected chi connectivity index (χ2v) is 3.79. The highest BCUT2D eigenvalue weighted by Crippen LogP contribution is 2.22. The van der Waals surface area contributed by atoms with E-state index in [1.54, 1.807) is 0 Å². The highest BCUT2D eigenvalue weighted by molar-refractivity contribution is 5.50. The lowest BCUT2D eigenvalue weighted by molar-refractivity contribution is 0.695. The molecule has 0 unspecified atom stereocenters. The van der Waals surface area contributed by atoms with Crippen LogP contribution in [0.2, 0.25) is 0 Å². The van der Waals surface area contributed by atoms with E-state index < -0.39 is 0 Å². The molecule has 0 amide bonds. The number of aromatic nitrogens is 2. The van der Waals surface area contributed by atoms with E-state index in [-0.39, 0.29) is 0 Å². The predicted octanol–water partition coefficient (Wildman–Crippen LogP) is 1.42. The summed E-state index contributed by atoms with van der Waals surface area (Å²) in [7, 11) is 1.99. The van der Waals surface area contributed by atoms with E-state index >= 15 is 0 Å². The van der Waals surface area contributed by atoms with Gasteiger partial charge in [0.1, 0.15) is 5.82 Å². The first-order valence-corrected chi connectivity index (χ1v) is 5.63. The lowest BCUT2D eigenvalue weighted by Gasteiger charge is -2.23. The summed E-state index contributed by atoms with van der Waals surface area (Å²) < 4.78 is 1.94. The second-order valence-electron chi connectivity index (χ2n) is 3.79. The molecule has 1 rings (SSSR count). The lowest BCUT2D eigenvalue weighted by Crippen LogP contribution is -2.27. The minimum atomic E-state index is 0.565. The Morgan fingerprint density at radius 2 is 2.07 bits per heavy atom. The molecular formula is C11H22N4. The standard InChI is InChI=1S/C11H22N4/c1-5-7-15(6-2)11-10(8-12)9(3)13-14(11)4/h5-8,12H2,1-4H3. The third kappa shape index (κ3) is 2.31. The van der Waals surface area contributed by atoms with Crippen molar-refractivity contribution in [3.8, 4) is 0 Å². The highest BCUT2D eigenvalue weighted by atomic mass is 15.4. The van der Waals surface area contributed by atoms with Gasteiger partial charge < -0.3 is 10.6 Å². The van der Waals surface area contributed by atoms with Crippen LogP contribution in [0, 0.1) is 6.92 Å². The number of hydrogen-bond acceptors (Lipinski definition) is 3. The molecule has 4 nitrogen and oxygen atoms in total. The molecule has 0 atom stereocenters. The van der Waals surface area contributed by atoms with Crippen LogP contribution in [-0.4, -0.2) is 22.9 Å². The molecule has 2 N–H and O–H groups in total. The molecule has 1 aromatic rings. The summed E-state index contributed by atoms with van der Waals surface area (Å²) in [6.07, 6.45) is 1.14. The smallest absolute Gasteiger partial charge is 0.131 e. The maximum absolute atomic E-state index is 5.77. The Labute approximate surface area is 92.1 Å². The minimum Gasteiger partial charge on any atom is -0.357 e. The van der Waals surface area contributed by atoms with Gasteiger partial charge in [-0.1, -0.05) is 6.92 Å². The summed E-state index contributed by atoms with van der Waals surface area (Å²) >= 11 is 0.